The lowest BCUT2D eigenvalue weighted by molar-refractivity contribution is 0.373. The maximum atomic E-state index is 11.5. The number of nitrogens with zero attached hydrogens (tertiary/aromatic N) is 3. The number of allylic oxidation sites excluding steroid dienone is 2. The molecule has 0 unspecified atom stereocenters. The molecule has 20 heavy (non-hydrogen) atoms. The highest BCUT2D eigenvalue weighted by atomic mass is 31.2. The first-order valence-corrected chi connectivity index (χ1v) is 7.57. The molecule has 0 bridgehead atoms. The molecule has 2 aromatic rings. The van der Waals surface area contributed by atoms with Gasteiger partial charge in [0.15, 0.2) is 11.2 Å². The van der Waals surface area contributed by atoms with E-state index in [0.29, 0.717) is 12.2 Å². The molecule has 0 amide bonds. The van der Waals surface area contributed by atoms with Crippen molar-refractivity contribution >= 4 is 24.7 Å². The Morgan fingerprint density at radius 1 is 1.45 bits per heavy atom. The van der Waals surface area contributed by atoms with Crippen LogP contribution in [0.5, 0.6) is 0 Å². The summed E-state index contributed by atoms with van der Waals surface area (Å²) >= 11 is 0. The summed E-state index contributed by atoms with van der Waals surface area (Å²) in [6.07, 6.45) is 4.91. The normalized spacial score (nSPS) is 12.5. The van der Waals surface area contributed by atoms with Gasteiger partial charge in [0, 0.05) is 6.54 Å². The molecule has 108 valence electrons. The molecule has 0 aliphatic rings. The predicted molar refractivity (Wildman–Crippen MR) is 73.2 cm³/mol. The number of nitrogens with two attached hydrogens (primary N) is 1. The van der Waals surface area contributed by atoms with Gasteiger partial charge in [0.05, 0.1) is 12.5 Å². The van der Waals surface area contributed by atoms with Crippen molar-refractivity contribution in [3.05, 3.63) is 28.8 Å². The van der Waals surface area contributed by atoms with Crippen LogP contribution in [0.2, 0.25) is 0 Å². The number of imidazole rings is 1. The van der Waals surface area contributed by atoms with Gasteiger partial charge in [-0.2, -0.15) is 4.98 Å². The summed E-state index contributed by atoms with van der Waals surface area (Å²) in [5.74, 6) is 0.00901. The second kappa shape index (κ2) is 5.58. The Balaban J connectivity index is 2.09. The zero-order valence-corrected chi connectivity index (χ0v) is 11.3. The van der Waals surface area contributed by atoms with Crippen LogP contribution in [-0.4, -0.2) is 35.5 Å². The van der Waals surface area contributed by atoms with Gasteiger partial charge in [-0.1, -0.05) is 12.2 Å². The Morgan fingerprint density at radius 2 is 2.20 bits per heavy atom. The molecule has 0 aliphatic carbocycles. The second-order valence-electron chi connectivity index (χ2n) is 4.17. The van der Waals surface area contributed by atoms with Gasteiger partial charge in [0.2, 0.25) is 5.95 Å². The molecule has 0 saturated heterocycles. The number of H-pyrrole nitrogens is 1. The van der Waals surface area contributed by atoms with Gasteiger partial charge in [0.1, 0.15) is 0 Å². The van der Waals surface area contributed by atoms with Gasteiger partial charge in [-0.25, -0.2) is 4.98 Å². The van der Waals surface area contributed by atoms with Gasteiger partial charge < -0.3 is 20.1 Å². The van der Waals surface area contributed by atoms with Gasteiger partial charge in [0.25, 0.3) is 5.56 Å². The lowest BCUT2D eigenvalue weighted by Crippen LogP contribution is -2.12. The van der Waals surface area contributed by atoms with Crippen LogP contribution in [0.1, 0.15) is 6.42 Å². The fourth-order valence-electron chi connectivity index (χ4n) is 1.65. The minimum Gasteiger partial charge on any atom is -0.369 e. The minimum absolute atomic E-state index is 0.00901. The molecule has 0 aromatic carbocycles. The number of aromatic nitrogens is 4. The molecule has 9 nitrogen and oxygen atoms in total. The molecular weight excluding hydrogens is 285 g/mol. The van der Waals surface area contributed by atoms with E-state index in [-0.39, 0.29) is 24.0 Å². The molecule has 10 heteroatoms. The largest absolute Gasteiger partial charge is 0.369 e. The highest BCUT2D eigenvalue weighted by Crippen LogP contribution is 2.34. The first-order chi connectivity index (χ1) is 9.37. The molecule has 0 fully saturated rings. The lowest BCUT2D eigenvalue weighted by Gasteiger charge is -2.00. The highest BCUT2D eigenvalue weighted by Gasteiger charge is 2.10. The van der Waals surface area contributed by atoms with Crippen molar-refractivity contribution in [2.24, 2.45) is 0 Å². The van der Waals surface area contributed by atoms with Gasteiger partial charge in [-0.05, 0) is 6.42 Å². The Labute approximate surface area is 113 Å². The van der Waals surface area contributed by atoms with Crippen LogP contribution in [0.3, 0.4) is 0 Å². The van der Waals surface area contributed by atoms with E-state index in [2.05, 4.69) is 15.0 Å². The summed E-state index contributed by atoms with van der Waals surface area (Å²) in [7, 11) is -3.96. The molecule has 2 aromatic heterocycles. The van der Waals surface area contributed by atoms with Crippen LogP contribution < -0.4 is 11.3 Å². The molecule has 5 N–H and O–H groups in total. The van der Waals surface area contributed by atoms with Crippen LogP contribution in [0.25, 0.3) is 11.2 Å². The summed E-state index contributed by atoms with van der Waals surface area (Å²) in [6.45, 7) is 0.382. The zero-order valence-electron chi connectivity index (χ0n) is 10.4. The first kappa shape index (κ1) is 14.4. The van der Waals surface area contributed by atoms with E-state index < -0.39 is 13.2 Å². The Kier molecular flexibility index (Phi) is 4.03. The Bertz CT molecular complexity index is 744. The number of nitrogen functional groups attached to an aromatic ring is 1. The summed E-state index contributed by atoms with van der Waals surface area (Å²) in [4.78, 5) is 39.2. The van der Waals surface area contributed by atoms with Crippen molar-refractivity contribution < 1.29 is 14.4 Å². The maximum absolute atomic E-state index is 11.5. The zero-order chi connectivity index (χ0) is 14.8. The van der Waals surface area contributed by atoms with Crippen LogP contribution >= 0.6 is 7.60 Å². The maximum Gasteiger partial charge on any atom is 0.325 e. The predicted octanol–water partition coefficient (Wildman–Crippen LogP) is -0.174. The standard InChI is InChI=1S/C10H14N5O4P/c11-10-13-8-7(9(16)14-10)12-6-15(8)4-2-1-3-5-20(17,18)19/h1-2,6H,3-5H2,(H2,17,18,19)(H3,11,13,14,16)/b2-1-. The van der Waals surface area contributed by atoms with Crippen LogP contribution in [-0.2, 0) is 11.1 Å². The van der Waals surface area contributed by atoms with Crippen molar-refractivity contribution in [3.8, 4) is 0 Å². The Hall–Kier alpha value is -1.96. The van der Waals surface area contributed by atoms with Gasteiger partial charge >= 0.3 is 7.60 Å². The second-order valence-corrected chi connectivity index (χ2v) is 5.95. The molecule has 0 spiro atoms. The SMILES string of the molecule is Nc1nc2c(ncn2C/C=C\CCP(=O)(O)O)c(=O)[nH]1. The summed E-state index contributed by atoms with van der Waals surface area (Å²) in [5, 5.41) is 0. The van der Waals surface area contributed by atoms with Crippen LogP contribution in [0.15, 0.2) is 23.3 Å². The number of aromatic amines is 1. The summed E-state index contributed by atoms with van der Waals surface area (Å²) in [6, 6.07) is 0. The number of rotatable bonds is 5. The minimum atomic E-state index is -3.96. The average Bonchev–Trinajstić information content (AvgIpc) is 2.70. The van der Waals surface area contributed by atoms with E-state index in [1.807, 2.05) is 0 Å². The van der Waals surface area contributed by atoms with Crippen LogP contribution in [0.4, 0.5) is 5.95 Å². The van der Waals surface area contributed by atoms with E-state index in [0.717, 1.165) is 0 Å². The summed E-state index contributed by atoms with van der Waals surface area (Å²) < 4.78 is 12.3. The average molecular weight is 299 g/mol. The fraction of sp³-hybridized carbons (Fsp3) is 0.300. The highest BCUT2D eigenvalue weighted by molar-refractivity contribution is 7.51. The summed E-state index contributed by atoms with van der Waals surface area (Å²) in [5.41, 5.74) is 5.62. The van der Waals surface area contributed by atoms with Crippen molar-refractivity contribution in [2.75, 3.05) is 11.9 Å². The smallest absolute Gasteiger partial charge is 0.325 e. The van der Waals surface area contributed by atoms with Crippen molar-refractivity contribution in [2.45, 2.75) is 13.0 Å². The van der Waals surface area contributed by atoms with E-state index in [1.54, 1.807) is 16.7 Å². The third-order valence-electron chi connectivity index (χ3n) is 2.55. The number of fused-ring (bicyclic) bond motifs is 1. The van der Waals surface area contributed by atoms with Crippen molar-refractivity contribution in [1.82, 2.24) is 19.5 Å². The monoisotopic (exact) mass is 299 g/mol. The molecular formula is C10H14N5O4P. The van der Waals surface area contributed by atoms with Crippen molar-refractivity contribution in [1.29, 1.82) is 0 Å². The number of nitrogens with one attached hydrogen (secondary N) is 1. The number of anilines is 1. The molecule has 0 saturated carbocycles. The van der Waals surface area contributed by atoms with E-state index in [1.165, 1.54) is 6.33 Å². The third kappa shape index (κ3) is 3.53. The Morgan fingerprint density at radius 3 is 2.90 bits per heavy atom. The quantitative estimate of drug-likeness (QED) is 0.442. The van der Waals surface area contributed by atoms with Crippen molar-refractivity contribution in [3.63, 3.8) is 0 Å². The van der Waals surface area contributed by atoms with Crippen LogP contribution in [0, 0.1) is 0 Å². The molecule has 2 rings (SSSR count). The third-order valence-corrected chi connectivity index (χ3v) is 3.39. The number of hydrogen-bond acceptors (Lipinski definition) is 5. The molecule has 0 radical (unpaired) electrons. The van der Waals surface area contributed by atoms with E-state index in [9.17, 15) is 9.36 Å². The van der Waals surface area contributed by atoms with Gasteiger partial charge in [-0.3, -0.25) is 14.3 Å². The lowest BCUT2D eigenvalue weighted by atomic mass is 10.4. The molecule has 2 heterocycles. The van der Waals surface area contributed by atoms with Gasteiger partial charge in [-0.15, -0.1) is 0 Å². The van der Waals surface area contributed by atoms with E-state index >= 15 is 0 Å². The number of hydrogen-bond donors (Lipinski definition) is 4. The molecule has 0 atom stereocenters. The topological polar surface area (TPSA) is 147 Å². The van der Waals surface area contributed by atoms with E-state index in [4.69, 9.17) is 15.5 Å². The fourth-order valence-corrected chi connectivity index (χ4v) is 2.14. The first-order valence-electron chi connectivity index (χ1n) is 5.77. The molecule has 0 aliphatic heterocycles.